The van der Waals surface area contributed by atoms with Crippen molar-refractivity contribution in [2.45, 2.75) is 26.3 Å². The highest BCUT2D eigenvalue weighted by Gasteiger charge is 2.27. The first-order chi connectivity index (χ1) is 9.16. The molecule has 1 aliphatic rings. The molecule has 2 amide bonds. The van der Waals surface area contributed by atoms with Crippen molar-refractivity contribution in [2.24, 2.45) is 5.92 Å². The zero-order valence-electron chi connectivity index (χ0n) is 11.6. The van der Waals surface area contributed by atoms with Gasteiger partial charge in [0.25, 0.3) is 0 Å². The van der Waals surface area contributed by atoms with Crippen LogP contribution in [0.2, 0.25) is 0 Å². The molecule has 1 saturated heterocycles. The fourth-order valence-corrected chi connectivity index (χ4v) is 2.38. The lowest BCUT2D eigenvalue weighted by Gasteiger charge is -2.36. The van der Waals surface area contributed by atoms with Crippen molar-refractivity contribution in [1.29, 1.82) is 0 Å². The zero-order chi connectivity index (χ0) is 13.7. The summed E-state index contributed by atoms with van der Waals surface area (Å²) < 4.78 is 5.49. The van der Waals surface area contributed by atoms with Crippen LogP contribution in [0.15, 0.2) is 30.3 Å². The number of anilines is 1. The van der Waals surface area contributed by atoms with Crippen LogP contribution in [0.5, 0.6) is 0 Å². The normalized spacial score (nSPS) is 19.5. The molecule has 1 N–H and O–H groups in total. The van der Waals surface area contributed by atoms with Gasteiger partial charge in [-0.1, -0.05) is 32.0 Å². The zero-order valence-corrected chi connectivity index (χ0v) is 11.6. The second-order valence-corrected chi connectivity index (χ2v) is 5.35. The number of urea groups is 1. The number of ether oxygens (including phenoxy) is 1. The van der Waals surface area contributed by atoms with Crippen LogP contribution in [0, 0.1) is 5.92 Å². The fourth-order valence-electron chi connectivity index (χ4n) is 2.38. The molecule has 1 aromatic rings. The van der Waals surface area contributed by atoms with E-state index in [4.69, 9.17) is 4.74 Å². The van der Waals surface area contributed by atoms with E-state index in [0.717, 1.165) is 12.1 Å². The summed E-state index contributed by atoms with van der Waals surface area (Å²) >= 11 is 0. The van der Waals surface area contributed by atoms with E-state index in [0.29, 0.717) is 25.7 Å². The largest absolute Gasteiger partial charge is 0.377 e. The van der Waals surface area contributed by atoms with Gasteiger partial charge in [0.05, 0.1) is 19.3 Å². The summed E-state index contributed by atoms with van der Waals surface area (Å²) in [6, 6.07) is 9.72. The molecule has 4 nitrogen and oxygen atoms in total. The van der Waals surface area contributed by atoms with Gasteiger partial charge in [0.2, 0.25) is 0 Å². The Hall–Kier alpha value is -1.55. The quantitative estimate of drug-likeness (QED) is 0.910. The predicted octanol–water partition coefficient (Wildman–Crippen LogP) is 2.97. The second kappa shape index (κ2) is 6.57. The van der Waals surface area contributed by atoms with Crippen LogP contribution in [0.25, 0.3) is 0 Å². The van der Waals surface area contributed by atoms with Gasteiger partial charge in [-0.25, -0.2) is 4.79 Å². The van der Waals surface area contributed by atoms with Gasteiger partial charge >= 0.3 is 6.03 Å². The van der Waals surface area contributed by atoms with Crippen molar-refractivity contribution in [3.8, 4) is 0 Å². The van der Waals surface area contributed by atoms with Crippen LogP contribution < -0.4 is 5.32 Å². The Bertz CT molecular complexity index is 406. The third kappa shape index (κ3) is 3.96. The molecule has 0 bridgehead atoms. The fraction of sp³-hybridized carbons (Fsp3) is 0.533. The highest BCUT2D eigenvalue weighted by Crippen LogP contribution is 2.17. The second-order valence-electron chi connectivity index (χ2n) is 5.35. The number of carbonyl (C=O) groups is 1. The molecule has 0 unspecified atom stereocenters. The number of hydrogen-bond donors (Lipinski definition) is 1. The van der Waals surface area contributed by atoms with Crippen molar-refractivity contribution in [2.75, 3.05) is 25.1 Å². The molecule has 0 aromatic heterocycles. The Labute approximate surface area is 114 Å². The van der Waals surface area contributed by atoms with Crippen molar-refractivity contribution in [3.63, 3.8) is 0 Å². The van der Waals surface area contributed by atoms with E-state index in [2.05, 4.69) is 19.2 Å². The van der Waals surface area contributed by atoms with Gasteiger partial charge in [-0.15, -0.1) is 0 Å². The lowest BCUT2D eigenvalue weighted by molar-refractivity contribution is 0.00857. The summed E-state index contributed by atoms with van der Waals surface area (Å²) in [4.78, 5) is 14.2. The van der Waals surface area contributed by atoms with E-state index in [9.17, 15) is 4.79 Å². The molecule has 1 fully saturated rings. The summed E-state index contributed by atoms with van der Waals surface area (Å²) in [7, 11) is 0. The van der Waals surface area contributed by atoms with Gasteiger partial charge in [0, 0.05) is 12.2 Å². The van der Waals surface area contributed by atoms with Crippen molar-refractivity contribution in [3.05, 3.63) is 30.3 Å². The third-order valence-corrected chi connectivity index (χ3v) is 3.26. The number of morpholine rings is 1. The first-order valence-electron chi connectivity index (χ1n) is 6.87. The van der Waals surface area contributed by atoms with Crippen LogP contribution in [-0.2, 0) is 4.74 Å². The van der Waals surface area contributed by atoms with Gasteiger partial charge < -0.3 is 15.0 Å². The lowest BCUT2D eigenvalue weighted by Crippen LogP contribution is -2.50. The molecule has 104 valence electrons. The molecule has 4 heteroatoms. The van der Waals surface area contributed by atoms with Gasteiger partial charge in [-0.3, -0.25) is 0 Å². The highest BCUT2D eigenvalue weighted by molar-refractivity contribution is 5.89. The van der Waals surface area contributed by atoms with Gasteiger partial charge in [-0.2, -0.15) is 0 Å². The smallest absolute Gasteiger partial charge is 0.322 e. The third-order valence-electron chi connectivity index (χ3n) is 3.26. The molecule has 1 atom stereocenters. The number of rotatable bonds is 3. The molecule has 19 heavy (non-hydrogen) atoms. The van der Waals surface area contributed by atoms with Crippen LogP contribution in [0.3, 0.4) is 0 Å². The monoisotopic (exact) mass is 262 g/mol. The van der Waals surface area contributed by atoms with E-state index in [1.54, 1.807) is 0 Å². The van der Waals surface area contributed by atoms with E-state index in [1.807, 2.05) is 35.2 Å². The topological polar surface area (TPSA) is 41.6 Å². The number of amides is 2. The maximum atomic E-state index is 12.3. The minimum absolute atomic E-state index is 0.0276. The standard InChI is InChI=1S/C15H22N2O2/c1-12(2)10-14-11-19-9-8-17(14)15(18)16-13-6-4-3-5-7-13/h3-7,12,14H,8-11H2,1-2H3,(H,16,18)/t14-/m1/s1. The Kier molecular flexibility index (Phi) is 4.80. The summed E-state index contributed by atoms with van der Waals surface area (Å²) in [5.41, 5.74) is 0.835. The molecular formula is C15H22N2O2. The maximum Gasteiger partial charge on any atom is 0.322 e. The lowest BCUT2D eigenvalue weighted by atomic mass is 10.0. The van der Waals surface area contributed by atoms with E-state index in [1.165, 1.54) is 0 Å². The first kappa shape index (κ1) is 13.9. The van der Waals surface area contributed by atoms with E-state index >= 15 is 0 Å². The average molecular weight is 262 g/mol. The number of benzene rings is 1. The molecule has 1 heterocycles. The Balaban J connectivity index is 1.99. The van der Waals surface area contributed by atoms with Gasteiger partial charge in [0.15, 0.2) is 0 Å². The molecule has 0 aliphatic carbocycles. The van der Waals surface area contributed by atoms with Crippen molar-refractivity contribution < 1.29 is 9.53 Å². The molecule has 0 spiro atoms. The average Bonchev–Trinajstić information content (AvgIpc) is 2.39. The number of hydrogen-bond acceptors (Lipinski definition) is 2. The van der Waals surface area contributed by atoms with E-state index < -0.39 is 0 Å². The van der Waals surface area contributed by atoms with Crippen molar-refractivity contribution >= 4 is 11.7 Å². The summed E-state index contributed by atoms with van der Waals surface area (Å²) in [6.07, 6.45) is 0.974. The molecular weight excluding hydrogens is 240 g/mol. The number of nitrogens with one attached hydrogen (secondary N) is 1. The number of carbonyl (C=O) groups excluding carboxylic acids is 1. The Morgan fingerprint density at radius 3 is 2.84 bits per heavy atom. The summed E-state index contributed by atoms with van der Waals surface area (Å²) in [5, 5.41) is 2.95. The van der Waals surface area contributed by atoms with Crippen molar-refractivity contribution in [1.82, 2.24) is 4.90 Å². The Morgan fingerprint density at radius 2 is 2.16 bits per heavy atom. The first-order valence-corrected chi connectivity index (χ1v) is 6.87. The molecule has 1 aromatic carbocycles. The van der Waals surface area contributed by atoms with Crippen LogP contribution in [0.4, 0.5) is 10.5 Å². The van der Waals surface area contributed by atoms with E-state index in [-0.39, 0.29) is 12.1 Å². The number of para-hydroxylation sites is 1. The minimum Gasteiger partial charge on any atom is -0.377 e. The SMILES string of the molecule is CC(C)C[C@@H]1COCCN1C(=O)Nc1ccccc1. The predicted molar refractivity (Wildman–Crippen MR) is 76.2 cm³/mol. The molecule has 0 saturated carbocycles. The molecule has 1 aliphatic heterocycles. The summed E-state index contributed by atoms with van der Waals surface area (Å²) in [5.74, 6) is 0.554. The summed E-state index contributed by atoms with van der Waals surface area (Å²) in [6.45, 7) is 6.26. The minimum atomic E-state index is -0.0276. The van der Waals surface area contributed by atoms with Crippen LogP contribution >= 0.6 is 0 Å². The molecule has 0 radical (unpaired) electrons. The van der Waals surface area contributed by atoms with Gasteiger partial charge in [0.1, 0.15) is 0 Å². The highest BCUT2D eigenvalue weighted by atomic mass is 16.5. The maximum absolute atomic E-state index is 12.3. The van der Waals surface area contributed by atoms with Gasteiger partial charge in [-0.05, 0) is 24.5 Å². The molecule has 2 rings (SSSR count). The van der Waals surface area contributed by atoms with Crippen LogP contribution in [-0.4, -0.2) is 36.7 Å². The number of nitrogens with zero attached hydrogens (tertiary/aromatic N) is 1. The van der Waals surface area contributed by atoms with Crippen LogP contribution in [0.1, 0.15) is 20.3 Å². The Morgan fingerprint density at radius 1 is 1.42 bits per heavy atom.